The lowest BCUT2D eigenvalue weighted by atomic mass is 9.85. The highest BCUT2D eigenvalue weighted by Crippen LogP contribution is 2.71. The highest BCUT2D eigenvalue weighted by molar-refractivity contribution is 8.30. The second kappa shape index (κ2) is 13.8. The Hall–Kier alpha value is -4.13. The first-order valence-corrected chi connectivity index (χ1v) is 15.6. The Morgan fingerprint density at radius 2 is 0.554 bits per heavy atom. The van der Waals surface area contributed by atoms with E-state index >= 15 is 8.78 Å². The summed E-state index contributed by atoms with van der Waals surface area (Å²) in [5.41, 5.74) is 0. The van der Waals surface area contributed by atoms with E-state index in [1.807, 2.05) is 0 Å². The Labute approximate surface area is 297 Å². The van der Waals surface area contributed by atoms with Crippen molar-refractivity contribution >= 4 is 16.3 Å². The van der Waals surface area contributed by atoms with Crippen molar-refractivity contribution in [3.05, 3.63) is 91.0 Å². The minimum Gasteiger partial charge on any atom is -0.333 e. The van der Waals surface area contributed by atoms with Crippen LogP contribution in [0.25, 0.3) is 0 Å². The van der Waals surface area contributed by atoms with Gasteiger partial charge in [0, 0.05) is 0 Å². The summed E-state index contributed by atoms with van der Waals surface area (Å²) in [7, 11) is -4.28. The van der Waals surface area contributed by atoms with Crippen LogP contribution in [0.5, 0.6) is 0 Å². The van der Waals surface area contributed by atoms with Crippen LogP contribution in [-0.2, 0) is 4.18 Å². The summed E-state index contributed by atoms with van der Waals surface area (Å²) in [6.45, 7) is 0. The fourth-order valence-electron chi connectivity index (χ4n) is 4.45. The second-order valence-corrected chi connectivity index (χ2v) is 13.8. The summed E-state index contributed by atoms with van der Waals surface area (Å²) in [5, 5.41) is 0. The van der Waals surface area contributed by atoms with Crippen molar-refractivity contribution in [3.63, 3.8) is 0 Å². The van der Waals surface area contributed by atoms with Gasteiger partial charge >= 0.3 is 71.4 Å². The van der Waals surface area contributed by atoms with E-state index in [0.717, 1.165) is 72.8 Å². The number of hydrogen-bond acceptors (Lipinski definition) is 1. The molecule has 0 fully saturated rings. The minimum atomic E-state index is -9.54. The highest BCUT2D eigenvalue weighted by atomic mass is 32.3. The zero-order chi connectivity index (χ0) is 43.6. The fraction of sp³-hybridized carbons (Fsp3) is 0.367. The van der Waals surface area contributed by atoms with Gasteiger partial charge in [-0.1, -0.05) is 54.6 Å². The van der Waals surface area contributed by atoms with Crippen LogP contribution in [0.4, 0.5) is 101 Å². The van der Waals surface area contributed by atoms with E-state index in [2.05, 4.69) is 0 Å². The van der Waals surface area contributed by atoms with Crippen molar-refractivity contribution in [1.82, 2.24) is 0 Å². The maximum absolute atomic E-state index is 15.3. The highest BCUT2D eigenvalue weighted by Gasteiger charge is 2.99. The van der Waals surface area contributed by atoms with Gasteiger partial charge in [0.05, 0.1) is 25.0 Å². The van der Waals surface area contributed by atoms with Crippen molar-refractivity contribution in [2.75, 3.05) is 0 Å². The molecule has 0 amide bonds. The first-order valence-electron chi connectivity index (χ1n) is 14.0. The van der Waals surface area contributed by atoms with Gasteiger partial charge < -0.3 is 4.79 Å². The molecule has 0 unspecified atom stereocenters. The van der Waals surface area contributed by atoms with Gasteiger partial charge in [0.1, 0.15) is 0 Å². The largest absolute Gasteiger partial charge is 0.576 e. The van der Waals surface area contributed by atoms with Gasteiger partial charge in [0.2, 0.25) is 0 Å². The monoisotopic (exact) mass is 877 g/mol. The van der Waals surface area contributed by atoms with Gasteiger partial charge in [0.25, 0.3) is 0 Å². The van der Waals surface area contributed by atoms with E-state index in [4.69, 9.17) is 4.18 Å². The molecule has 0 aromatic heterocycles. The summed E-state index contributed by atoms with van der Waals surface area (Å²) in [5.74, 6) is -93.9. The van der Waals surface area contributed by atoms with Gasteiger partial charge in [-0.2, -0.15) is 101 Å². The summed E-state index contributed by atoms with van der Waals surface area (Å²) in [6.07, 6.45) is -8.15. The molecule has 314 valence electrons. The number of halogens is 23. The molecule has 0 aliphatic heterocycles. The SMILES string of the molecule is [OH+]=C(OS(c1ccccc1)(c1ccccc1)c1ccccc1)C(F)(F)C(F)(F)C(F)(F)C(F)(F)C(F)(F)C(F)(F)C(F)(F)C(F)(F)C(F)(F)C(F)(F)C(F)(F)F. The van der Waals surface area contributed by atoms with E-state index in [0.29, 0.717) is 0 Å². The number of alkyl halides is 23. The Kier molecular flexibility index (Phi) is 11.4. The molecule has 0 aliphatic rings. The standard InChI is InChI=1S/C30H15F23O2S/c31-20(32,19(54)55-56(16-10-4-1-5-11-16,17-12-6-2-7-13-17)18-14-8-3-9-15-18)21(33,34)22(35,36)23(37,38)24(39,40)25(41,42)26(43,44)27(45,46)28(47,48)29(49,50)30(51,52)53/h1-15H/p+1. The maximum Gasteiger partial charge on any atom is 0.576 e. The van der Waals surface area contributed by atoms with E-state index < -0.39 is 96.4 Å². The van der Waals surface area contributed by atoms with Crippen LogP contribution in [0.15, 0.2) is 106 Å². The Bertz CT molecular complexity index is 1750. The Morgan fingerprint density at radius 1 is 0.339 bits per heavy atom. The van der Waals surface area contributed by atoms with Crippen LogP contribution in [0, 0.1) is 0 Å². The average Bonchev–Trinajstić information content (AvgIpc) is 3.10. The molecule has 0 spiro atoms. The van der Waals surface area contributed by atoms with E-state index in [-0.39, 0.29) is 0 Å². The molecule has 0 heterocycles. The summed E-state index contributed by atoms with van der Waals surface area (Å²) in [6, 6.07) is 16.1. The van der Waals surface area contributed by atoms with Crippen LogP contribution in [0.3, 0.4) is 0 Å². The topological polar surface area (TPSA) is 30.6 Å². The van der Waals surface area contributed by atoms with E-state index in [1.165, 1.54) is 18.2 Å². The molecule has 26 heteroatoms. The lowest BCUT2D eigenvalue weighted by Gasteiger charge is -2.44. The molecule has 0 saturated heterocycles. The lowest BCUT2D eigenvalue weighted by Crippen LogP contribution is -2.78. The first kappa shape index (κ1) is 46.3. The van der Waals surface area contributed by atoms with Gasteiger partial charge in [-0.05, 0) is 36.4 Å². The Morgan fingerprint density at radius 3 is 0.786 bits per heavy atom. The molecule has 3 rings (SSSR count). The van der Waals surface area contributed by atoms with Crippen molar-refractivity contribution in [3.8, 4) is 0 Å². The Balaban J connectivity index is 2.22. The maximum atomic E-state index is 15.3. The summed E-state index contributed by atoms with van der Waals surface area (Å²) < 4.78 is 326. The second-order valence-electron chi connectivity index (χ2n) is 11.1. The summed E-state index contributed by atoms with van der Waals surface area (Å²) in [4.78, 5) is 8.91. The number of rotatable bonds is 14. The lowest BCUT2D eigenvalue weighted by molar-refractivity contribution is -0.477. The molecular formula is C30H16F23O2S+. The molecule has 0 saturated carbocycles. The zero-order valence-corrected chi connectivity index (χ0v) is 26.9. The molecular weight excluding hydrogens is 861 g/mol. The van der Waals surface area contributed by atoms with Gasteiger partial charge in [-0.3, -0.25) is 0 Å². The predicted molar refractivity (Wildman–Crippen MR) is 145 cm³/mol. The van der Waals surface area contributed by atoms with Gasteiger partial charge in [0.15, 0.2) is 0 Å². The fourth-order valence-corrected chi connectivity index (χ4v) is 7.52. The van der Waals surface area contributed by atoms with Crippen LogP contribution >= 0.6 is 10.3 Å². The molecule has 1 N–H and O–H groups in total. The molecule has 3 aromatic rings. The predicted octanol–water partition coefficient (Wildman–Crippen LogP) is 12.3. The quantitative estimate of drug-likeness (QED) is 0.117. The van der Waals surface area contributed by atoms with E-state index in [1.54, 1.807) is 0 Å². The normalized spacial score (nSPS) is 15.4. The smallest absolute Gasteiger partial charge is 0.333 e. The average molecular weight is 877 g/mol. The number of benzene rings is 3. The third-order valence-corrected chi connectivity index (χ3v) is 10.8. The number of carbonyl (C=O) groups excluding carboxylic acids is 1. The molecule has 3 aromatic carbocycles. The van der Waals surface area contributed by atoms with Gasteiger partial charge in [-0.25, -0.2) is 4.18 Å². The van der Waals surface area contributed by atoms with Crippen molar-refractivity contribution in [2.24, 2.45) is 0 Å². The van der Waals surface area contributed by atoms with Gasteiger partial charge in [-0.15, -0.1) is 0 Å². The van der Waals surface area contributed by atoms with Crippen LogP contribution in [-0.4, -0.2) is 76.2 Å². The zero-order valence-electron chi connectivity index (χ0n) is 26.1. The van der Waals surface area contributed by atoms with Crippen molar-refractivity contribution in [2.45, 2.75) is 80.1 Å². The summed E-state index contributed by atoms with van der Waals surface area (Å²) >= 11 is 0. The molecule has 0 atom stereocenters. The number of hydrogen-bond donors (Lipinski definition) is 0. The molecule has 0 radical (unpaired) electrons. The van der Waals surface area contributed by atoms with Crippen molar-refractivity contribution in [1.29, 1.82) is 0 Å². The van der Waals surface area contributed by atoms with Crippen LogP contribution in [0.2, 0.25) is 0 Å². The minimum absolute atomic E-state index is 0.428. The van der Waals surface area contributed by atoms with Crippen molar-refractivity contribution < 1.29 is 110 Å². The molecule has 0 bridgehead atoms. The van der Waals surface area contributed by atoms with Crippen LogP contribution < -0.4 is 0 Å². The third-order valence-electron chi connectivity index (χ3n) is 7.60. The first-order chi connectivity index (χ1) is 24.9. The molecule has 56 heavy (non-hydrogen) atoms. The third kappa shape index (κ3) is 6.18. The van der Waals surface area contributed by atoms with Crippen LogP contribution in [0.1, 0.15) is 0 Å². The molecule has 0 aliphatic carbocycles. The molecule has 2 nitrogen and oxygen atoms in total. The van der Waals surface area contributed by atoms with E-state index in [9.17, 15) is 97.0 Å².